The van der Waals surface area contributed by atoms with Crippen molar-refractivity contribution >= 4 is 29.3 Å². The third-order valence-corrected chi connectivity index (χ3v) is 4.45. The van der Waals surface area contributed by atoms with Crippen molar-refractivity contribution in [2.24, 2.45) is 5.73 Å². The summed E-state index contributed by atoms with van der Waals surface area (Å²) in [5, 5.41) is 32.5. The number of rotatable bonds is 7. The summed E-state index contributed by atoms with van der Waals surface area (Å²) in [6.45, 7) is 0.915. The number of aliphatic hydroxyl groups is 3. The second kappa shape index (κ2) is 7.72. The highest BCUT2D eigenvalue weighted by Crippen LogP contribution is 2.31. The summed E-state index contributed by atoms with van der Waals surface area (Å²) in [6, 6.07) is 0. The Morgan fingerprint density at radius 2 is 2.16 bits per heavy atom. The van der Waals surface area contributed by atoms with E-state index in [1.54, 1.807) is 4.57 Å². The van der Waals surface area contributed by atoms with Gasteiger partial charge < -0.3 is 36.1 Å². The van der Waals surface area contributed by atoms with Crippen molar-refractivity contribution in [3.63, 3.8) is 0 Å². The lowest BCUT2D eigenvalue weighted by Crippen LogP contribution is -2.33. The molecular formula is C14H22N6O4S. The number of H-pyrrole nitrogens is 1. The first-order valence-corrected chi connectivity index (χ1v) is 8.51. The minimum atomic E-state index is -1.20. The molecule has 0 radical (unpaired) electrons. The number of aromatic amines is 1. The minimum Gasteiger partial charge on any atom is -0.394 e. The molecule has 3 heterocycles. The van der Waals surface area contributed by atoms with Crippen LogP contribution in [0.5, 0.6) is 0 Å². The van der Waals surface area contributed by atoms with E-state index in [2.05, 4.69) is 20.3 Å². The number of ether oxygens (including phenoxy) is 1. The van der Waals surface area contributed by atoms with E-state index >= 15 is 0 Å². The van der Waals surface area contributed by atoms with Gasteiger partial charge in [-0.25, -0.2) is 9.97 Å². The number of unbranched alkanes of at least 4 members (excludes halogenated alkanes) is 1. The van der Waals surface area contributed by atoms with Crippen LogP contribution >= 0.6 is 12.2 Å². The number of nitrogens with one attached hydrogen (secondary N) is 2. The predicted octanol–water partition coefficient (Wildman–Crippen LogP) is -0.749. The summed E-state index contributed by atoms with van der Waals surface area (Å²) in [6.07, 6.45) is -0.901. The Hall–Kier alpha value is -1.63. The molecule has 4 atom stereocenters. The van der Waals surface area contributed by atoms with Crippen LogP contribution in [0, 0.1) is 4.64 Å². The van der Waals surface area contributed by atoms with Crippen molar-refractivity contribution in [1.29, 1.82) is 0 Å². The lowest BCUT2D eigenvalue weighted by Gasteiger charge is -2.17. The second-order valence-electron chi connectivity index (χ2n) is 5.89. The number of hydrogen-bond donors (Lipinski definition) is 6. The molecule has 0 amide bonds. The number of nitrogens with zero attached hydrogens (tertiary/aromatic N) is 3. The summed E-state index contributed by atoms with van der Waals surface area (Å²) in [5.41, 5.74) is 6.44. The molecule has 1 aliphatic rings. The lowest BCUT2D eigenvalue weighted by atomic mass is 10.1. The Kier molecular flexibility index (Phi) is 5.61. The maximum Gasteiger partial charge on any atom is 0.203 e. The van der Waals surface area contributed by atoms with Crippen molar-refractivity contribution in [3.05, 3.63) is 11.0 Å². The van der Waals surface area contributed by atoms with Gasteiger partial charge in [0, 0.05) is 6.54 Å². The highest BCUT2D eigenvalue weighted by molar-refractivity contribution is 7.71. The van der Waals surface area contributed by atoms with Crippen molar-refractivity contribution in [3.8, 4) is 0 Å². The topological polar surface area (TPSA) is 154 Å². The molecular weight excluding hydrogens is 348 g/mol. The molecule has 1 saturated heterocycles. The Labute approximate surface area is 148 Å². The predicted molar refractivity (Wildman–Crippen MR) is 92.5 cm³/mol. The zero-order valence-corrected chi connectivity index (χ0v) is 14.3. The fourth-order valence-corrected chi connectivity index (χ4v) is 3.04. The van der Waals surface area contributed by atoms with E-state index in [0.717, 1.165) is 12.8 Å². The summed E-state index contributed by atoms with van der Waals surface area (Å²) >= 11 is 5.27. The van der Waals surface area contributed by atoms with Gasteiger partial charge in [0.2, 0.25) is 5.95 Å². The molecule has 1 unspecified atom stereocenters. The molecule has 0 aromatic carbocycles. The number of aromatic nitrogens is 4. The Bertz CT molecular complexity index is 780. The third-order valence-electron chi connectivity index (χ3n) is 4.16. The summed E-state index contributed by atoms with van der Waals surface area (Å²) in [5.74, 6) is 0.475. The van der Waals surface area contributed by atoms with Gasteiger partial charge in [-0.2, -0.15) is 0 Å². The summed E-state index contributed by atoms with van der Waals surface area (Å²) < 4.78 is 7.39. The summed E-state index contributed by atoms with van der Waals surface area (Å²) in [7, 11) is 0. The number of imidazole rings is 1. The zero-order valence-electron chi connectivity index (χ0n) is 13.5. The Morgan fingerprint density at radius 3 is 2.84 bits per heavy atom. The van der Waals surface area contributed by atoms with E-state index in [4.69, 9.17) is 22.7 Å². The van der Waals surface area contributed by atoms with Gasteiger partial charge >= 0.3 is 0 Å². The van der Waals surface area contributed by atoms with E-state index < -0.39 is 31.1 Å². The maximum atomic E-state index is 10.2. The van der Waals surface area contributed by atoms with Crippen LogP contribution in [0.25, 0.3) is 11.2 Å². The monoisotopic (exact) mass is 370 g/mol. The maximum absolute atomic E-state index is 10.2. The molecule has 1 aliphatic heterocycles. The molecule has 0 saturated carbocycles. The Morgan fingerprint density at radius 1 is 1.36 bits per heavy atom. The minimum absolute atomic E-state index is 0.306. The number of anilines is 1. The number of nitrogens with two attached hydrogens (primary N) is 1. The van der Waals surface area contributed by atoms with Crippen LogP contribution in [0.4, 0.5) is 5.95 Å². The first-order valence-electron chi connectivity index (χ1n) is 8.10. The molecule has 25 heavy (non-hydrogen) atoms. The number of fused-ring (bicyclic) bond motifs is 1. The summed E-state index contributed by atoms with van der Waals surface area (Å²) in [4.78, 5) is 11.5. The van der Waals surface area contributed by atoms with Crippen LogP contribution in [0.1, 0.15) is 19.1 Å². The van der Waals surface area contributed by atoms with Gasteiger partial charge in [-0.1, -0.05) is 12.2 Å². The molecule has 2 aromatic rings. The molecule has 0 bridgehead atoms. The molecule has 10 nitrogen and oxygen atoms in total. The van der Waals surface area contributed by atoms with Crippen LogP contribution in [0.2, 0.25) is 0 Å². The lowest BCUT2D eigenvalue weighted by molar-refractivity contribution is -0.0511. The van der Waals surface area contributed by atoms with E-state index in [9.17, 15) is 15.3 Å². The highest BCUT2D eigenvalue weighted by Gasteiger charge is 2.43. The van der Waals surface area contributed by atoms with Crippen molar-refractivity contribution < 1.29 is 20.1 Å². The molecule has 0 spiro atoms. The van der Waals surface area contributed by atoms with E-state index in [1.807, 2.05) is 0 Å². The standard InChI is InChI=1S/C14H22N6O4S/c15-3-1-2-4-16-14-18-11-8(12(25)19-14)17-6-20(11)13-10(23)9(22)7(5-21)24-13/h6-7,9-10,13,21-23H,1-5,15H2,(H2,16,18,19,25)/t7-,9?,10+,13-/m1/s1. The van der Waals surface area contributed by atoms with Crippen LogP contribution in [0.15, 0.2) is 6.33 Å². The zero-order chi connectivity index (χ0) is 18.0. The van der Waals surface area contributed by atoms with Gasteiger partial charge in [-0.3, -0.25) is 4.57 Å². The molecule has 0 aliphatic carbocycles. The third kappa shape index (κ3) is 3.52. The normalized spacial score (nSPS) is 26.4. The molecule has 1 fully saturated rings. The van der Waals surface area contributed by atoms with Gasteiger partial charge in [0.15, 0.2) is 10.9 Å². The van der Waals surface area contributed by atoms with Crippen molar-refractivity contribution in [2.45, 2.75) is 37.4 Å². The SMILES string of the molecule is NCCCCNc1nc(=S)c2ncn([C@@H]3O[C@H](CO)C(O)[C@@H]3O)c2[nH]1. The van der Waals surface area contributed by atoms with Gasteiger partial charge in [0.1, 0.15) is 29.5 Å². The van der Waals surface area contributed by atoms with Crippen LogP contribution in [-0.4, -0.2) is 72.8 Å². The van der Waals surface area contributed by atoms with Gasteiger partial charge in [-0.15, -0.1) is 0 Å². The fourth-order valence-electron chi connectivity index (χ4n) is 2.80. The molecule has 138 valence electrons. The average Bonchev–Trinajstić information content (AvgIpc) is 3.14. The van der Waals surface area contributed by atoms with E-state index in [0.29, 0.717) is 34.8 Å². The largest absolute Gasteiger partial charge is 0.394 e. The fraction of sp³-hybridized carbons (Fsp3) is 0.643. The van der Waals surface area contributed by atoms with Crippen LogP contribution in [-0.2, 0) is 4.74 Å². The first-order chi connectivity index (χ1) is 12.1. The van der Waals surface area contributed by atoms with Gasteiger partial charge in [0.25, 0.3) is 0 Å². The first kappa shape index (κ1) is 18.2. The van der Waals surface area contributed by atoms with Crippen LogP contribution in [0.3, 0.4) is 0 Å². The van der Waals surface area contributed by atoms with Gasteiger partial charge in [-0.05, 0) is 19.4 Å². The second-order valence-corrected chi connectivity index (χ2v) is 6.28. The average molecular weight is 370 g/mol. The van der Waals surface area contributed by atoms with E-state index in [-0.39, 0.29) is 0 Å². The van der Waals surface area contributed by atoms with Crippen molar-refractivity contribution in [1.82, 2.24) is 19.5 Å². The van der Waals surface area contributed by atoms with Crippen molar-refractivity contribution in [2.75, 3.05) is 25.0 Å². The van der Waals surface area contributed by atoms with Gasteiger partial charge in [0.05, 0.1) is 12.9 Å². The van der Waals surface area contributed by atoms with Crippen LogP contribution < -0.4 is 11.1 Å². The molecule has 7 N–H and O–H groups in total. The molecule has 11 heteroatoms. The molecule has 2 aromatic heterocycles. The number of aliphatic hydroxyl groups excluding tert-OH is 3. The Balaban J connectivity index is 1.89. The number of hydrogen-bond acceptors (Lipinski definition) is 9. The highest BCUT2D eigenvalue weighted by atomic mass is 32.1. The van der Waals surface area contributed by atoms with E-state index in [1.165, 1.54) is 6.33 Å². The molecule has 3 rings (SSSR count). The quantitative estimate of drug-likeness (QED) is 0.273. The smallest absolute Gasteiger partial charge is 0.203 e.